The quantitative estimate of drug-likeness (QED) is 0.744. The van der Waals surface area contributed by atoms with E-state index in [0.717, 1.165) is 31.7 Å². The van der Waals surface area contributed by atoms with Gasteiger partial charge in [-0.15, -0.1) is 22.7 Å². The monoisotopic (exact) mass is 361 g/mol. The number of hydrogen-bond acceptors (Lipinski definition) is 5. The van der Waals surface area contributed by atoms with Crippen molar-refractivity contribution in [3.8, 4) is 11.3 Å². The van der Waals surface area contributed by atoms with Gasteiger partial charge in [0.05, 0.1) is 22.8 Å². The van der Waals surface area contributed by atoms with Crippen LogP contribution < -0.4 is 5.32 Å². The van der Waals surface area contributed by atoms with Crippen LogP contribution >= 0.6 is 22.7 Å². The maximum atomic E-state index is 13.0. The van der Waals surface area contributed by atoms with Gasteiger partial charge in [-0.25, -0.2) is 14.4 Å². The molecule has 0 aliphatic carbocycles. The van der Waals surface area contributed by atoms with Crippen LogP contribution in [0.15, 0.2) is 24.3 Å². The van der Waals surface area contributed by atoms with Crippen LogP contribution in [-0.4, -0.2) is 15.9 Å². The summed E-state index contributed by atoms with van der Waals surface area (Å²) in [4.78, 5) is 23.0. The highest BCUT2D eigenvalue weighted by molar-refractivity contribution is 7.16. The number of nitrogens with zero attached hydrogens (tertiary/aromatic N) is 2. The predicted molar refractivity (Wildman–Crippen MR) is 96.2 cm³/mol. The van der Waals surface area contributed by atoms with Crippen LogP contribution in [0.3, 0.4) is 0 Å². The first-order valence-corrected chi connectivity index (χ1v) is 9.02. The van der Waals surface area contributed by atoms with E-state index in [1.807, 2.05) is 20.8 Å². The molecule has 0 spiro atoms. The molecule has 0 saturated heterocycles. The summed E-state index contributed by atoms with van der Waals surface area (Å²) < 4.78 is 13.0. The number of thiazole rings is 2. The van der Waals surface area contributed by atoms with Crippen molar-refractivity contribution < 1.29 is 9.18 Å². The number of halogens is 1. The molecule has 3 rings (SSSR count). The lowest BCUT2D eigenvalue weighted by Crippen LogP contribution is -2.14. The molecule has 0 bridgehead atoms. The standard InChI is InChI=1S/C17H16FN3OS2/c1-9-14(24-11(3)19-9)8-15(22)20-17-21-16(10(2)23-17)12-4-6-13(18)7-5-12/h4-7H,8H2,1-3H3,(H,20,21,22). The van der Waals surface area contributed by atoms with Gasteiger partial charge in [-0.1, -0.05) is 0 Å². The van der Waals surface area contributed by atoms with Gasteiger partial charge >= 0.3 is 0 Å². The van der Waals surface area contributed by atoms with Crippen LogP contribution in [0.1, 0.15) is 20.5 Å². The van der Waals surface area contributed by atoms with E-state index in [0.29, 0.717) is 11.6 Å². The number of anilines is 1. The number of benzene rings is 1. The zero-order valence-corrected chi connectivity index (χ0v) is 15.1. The summed E-state index contributed by atoms with van der Waals surface area (Å²) in [5.41, 5.74) is 2.50. The van der Waals surface area contributed by atoms with E-state index < -0.39 is 0 Å². The zero-order chi connectivity index (χ0) is 17.3. The van der Waals surface area contributed by atoms with E-state index in [-0.39, 0.29) is 11.7 Å². The lowest BCUT2D eigenvalue weighted by atomic mass is 10.1. The van der Waals surface area contributed by atoms with Crippen molar-refractivity contribution in [3.63, 3.8) is 0 Å². The fourth-order valence-corrected chi connectivity index (χ4v) is 4.16. The summed E-state index contributed by atoms with van der Waals surface area (Å²) in [6.07, 6.45) is 0.294. The van der Waals surface area contributed by atoms with Crippen molar-refractivity contribution in [2.75, 3.05) is 5.32 Å². The van der Waals surface area contributed by atoms with Crippen molar-refractivity contribution in [2.45, 2.75) is 27.2 Å². The summed E-state index contributed by atoms with van der Waals surface area (Å²) in [6.45, 7) is 5.77. The molecule has 7 heteroatoms. The third-order valence-corrected chi connectivity index (χ3v) is 5.44. The number of hydrogen-bond donors (Lipinski definition) is 1. The first-order valence-electron chi connectivity index (χ1n) is 7.38. The first-order chi connectivity index (χ1) is 11.4. The van der Waals surface area contributed by atoms with Crippen LogP contribution in [-0.2, 0) is 11.2 Å². The summed E-state index contributed by atoms with van der Waals surface area (Å²) in [6, 6.07) is 6.18. The molecule has 0 aliphatic heterocycles. The van der Waals surface area contributed by atoms with Gasteiger partial charge in [-0.2, -0.15) is 0 Å². The topological polar surface area (TPSA) is 54.9 Å². The van der Waals surface area contributed by atoms with Gasteiger partial charge in [0.15, 0.2) is 5.13 Å². The molecular formula is C17H16FN3OS2. The van der Waals surface area contributed by atoms with Gasteiger partial charge in [0.1, 0.15) is 5.82 Å². The van der Waals surface area contributed by atoms with Gasteiger partial charge < -0.3 is 5.32 Å². The molecule has 0 unspecified atom stereocenters. The second-order valence-corrected chi connectivity index (χ2v) is 7.89. The predicted octanol–water partition coefficient (Wildman–Crippen LogP) is 4.51. The second kappa shape index (κ2) is 6.78. The fourth-order valence-electron chi connectivity index (χ4n) is 2.37. The Morgan fingerprint density at radius 3 is 2.46 bits per heavy atom. The molecular weight excluding hydrogens is 345 g/mol. The molecule has 0 fully saturated rings. The molecule has 1 amide bonds. The smallest absolute Gasteiger partial charge is 0.231 e. The Balaban J connectivity index is 1.74. The molecule has 124 valence electrons. The van der Waals surface area contributed by atoms with Crippen molar-refractivity contribution in [2.24, 2.45) is 0 Å². The van der Waals surface area contributed by atoms with E-state index in [1.165, 1.54) is 34.8 Å². The average molecular weight is 361 g/mol. The van der Waals surface area contributed by atoms with Crippen molar-refractivity contribution >= 4 is 33.7 Å². The molecule has 2 aromatic heterocycles. The summed E-state index contributed by atoms with van der Waals surface area (Å²) in [5.74, 6) is -0.392. The van der Waals surface area contributed by atoms with E-state index in [4.69, 9.17) is 0 Å². The van der Waals surface area contributed by atoms with E-state index in [9.17, 15) is 9.18 Å². The van der Waals surface area contributed by atoms with Gasteiger partial charge in [-0.05, 0) is 45.0 Å². The molecule has 0 radical (unpaired) electrons. The Bertz CT molecular complexity index is 884. The highest BCUT2D eigenvalue weighted by atomic mass is 32.1. The van der Waals surface area contributed by atoms with Crippen molar-refractivity contribution in [1.82, 2.24) is 9.97 Å². The molecule has 24 heavy (non-hydrogen) atoms. The minimum Gasteiger partial charge on any atom is -0.302 e. The van der Waals surface area contributed by atoms with Crippen LogP contribution in [0, 0.1) is 26.6 Å². The van der Waals surface area contributed by atoms with Gasteiger partial charge in [0.2, 0.25) is 5.91 Å². The van der Waals surface area contributed by atoms with Crippen molar-refractivity contribution in [3.05, 3.63) is 50.5 Å². The molecule has 1 N–H and O–H groups in total. The normalized spacial score (nSPS) is 10.8. The second-order valence-electron chi connectivity index (χ2n) is 5.40. The van der Waals surface area contributed by atoms with Crippen LogP contribution in [0.2, 0.25) is 0 Å². The number of aromatic nitrogens is 2. The highest BCUT2D eigenvalue weighted by Crippen LogP contribution is 2.30. The Kier molecular flexibility index (Phi) is 4.73. The lowest BCUT2D eigenvalue weighted by Gasteiger charge is -2.00. The molecule has 1 aromatic carbocycles. The third-order valence-electron chi connectivity index (χ3n) is 3.48. The van der Waals surface area contributed by atoms with Gasteiger partial charge in [-0.3, -0.25) is 4.79 Å². The lowest BCUT2D eigenvalue weighted by molar-refractivity contribution is -0.115. The minimum atomic E-state index is -0.282. The number of carbonyl (C=O) groups is 1. The van der Waals surface area contributed by atoms with Crippen LogP contribution in [0.5, 0.6) is 0 Å². The van der Waals surface area contributed by atoms with E-state index >= 15 is 0 Å². The highest BCUT2D eigenvalue weighted by Gasteiger charge is 2.14. The number of carbonyl (C=O) groups excluding carboxylic acids is 1. The van der Waals surface area contributed by atoms with Gasteiger partial charge in [0.25, 0.3) is 0 Å². The van der Waals surface area contributed by atoms with E-state index in [2.05, 4.69) is 15.3 Å². The van der Waals surface area contributed by atoms with Crippen molar-refractivity contribution in [1.29, 1.82) is 0 Å². The van der Waals surface area contributed by atoms with Crippen LogP contribution in [0.25, 0.3) is 11.3 Å². The number of amides is 1. The third kappa shape index (κ3) is 3.68. The summed E-state index contributed by atoms with van der Waals surface area (Å²) in [7, 11) is 0. The molecule has 0 atom stereocenters. The SMILES string of the molecule is Cc1nc(C)c(CC(=O)Nc2nc(-c3ccc(F)cc3)c(C)s2)s1. The Morgan fingerprint density at radius 1 is 1.12 bits per heavy atom. The summed E-state index contributed by atoms with van der Waals surface area (Å²) >= 11 is 2.95. The Morgan fingerprint density at radius 2 is 1.83 bits per heavy atom. The largest absolute Gasteiger partial charge is 0.302 e. The zero-order valence-electron chi connectivity index (χ0n) is 13.5. The van der Waals surface area contributed by atoms with E-state index in [1.54, 1.807) is 12.1 Å². The molecule has 0 aliphatic rings. The van der Waals surface area contributed by atoms with Crippen LogP contribution in [0.4, 0.5) is 9.52 Å². The maximum absolute atomic E-state index is 13.0. The Hall–Kier alpha value is -2.12. The maximum Gasteiger partial charge on any atom is 0.231 e. The number of aryl methyl sites for hydroxylation is 3. The Labute approximate surface area is 147 Å². The molecule has 2 heterocycles. The molecule has 3 aromatic rings. The summed E-state index contributed by atoms with van der Waals surface area (Å²) in [5, 5.41) is 4.35. The number of nitrogens with one attached hydrogen (secondary N) is 1. The average Bonchev–Trinajstić information content (AvgIpc) is 3.02. The molecule has 4 nitrogen and oxygen atoms in total. The van der Waals surface area contributed by atoms with Gasteiger partial charge in [0, 0.05) is 15.3 Å². The minimum absolute atomic E-state index is 0.110. The fraction of sp³-hybridized carbons (Fsp3) is 0.235. The first kappa shape index (κ1) is 16.7. The number of rotatable bonds is 4. The molecule has 0 saturated carbocycles.